The van der Waals surface area contributed by atoms with Crippen molar-refractivity contribution in [3.8, 4) is 23.0 Å². The zero-order valence-electron chi connectivity index (χ0n) is 15.8. The van der Waals surface area contributed by atoms with Crippen molar-refractivity contribution in [1.29, 1.82) is 0 Å². The first-order valence-electron chi connectivity index (χ1n) is 9.00. The Kier molecular flexibility index (Phi) is 7.76. The van der Waals surface area contributed by atoms with Crippen LogP contribution in [0.1, 0.15) is 30.4 Å². The molecule has 2 aromatic carbocycles. The molecule has 148 valence electrons. The van der Waals surface area contributed by atoms with E-state index in [0.29, 0.717) is 37.2 Å². The summed E-state index contributed by atoms with van der Waals surface area (Å²) in [5, 5.41) is 39.4. The summed E-state index contributed by atoms with van der Waals surface area (Å²) in [6, 6.07) is 9.90. The van der Waals surface area contributed by atoms with Gasteiger partial charge in [-0.2, -0.15) is 0 Å². The van der Waals surface area contributed by atoms with Gasteiger partial charge in [0.05, 0.1) is 26.4 Å². The summed E-state index contributed by atoms with van der Waals surface area (Å²) in [6.45, 7) is 0. The molecule has 0 radical (unpaired) electrons. The van der Waals surface area contributed by atoms with Gasteiger partial charge >= 0.3 is 0 Å². The van der Waals surface area contributed by atoms with Crippen LogP contribution in [0.3, 0.4) is 0 Å². The minimum Gasteiger partial charge on any atom is -0.508 e. The molecule has 27 heavy (non-hydrogen) atoms. The van der Waals surface area contributed by atoms with Crippen LogP contribution in [0.4, 0.5) is 0 Å². The molecule has 6 heteroatoms. The number of phenolic OH excluding ortho intramolecular Hbond substituents is 2. The monoisotopic (exact) mass is 376 g/mol. The zero-order valence-corrected chi connectivity index (χ0v) is 15.8. The third-order valence-corrected chi connectivity index (χ3v) is 4.57. The summed E-state index contributed by atoms with van der Waals surface area (Å²) in [6.07, 6.45) is 1.15. The van der Waals surface area contributed by atoms with Crippen molar-refractivity contribution >= 4 is 0 Å². The maximum absolute atomic E-state index is 10.3. The van der Waals surface area contributed by atoms with E-state index in [1.807, 2.05) is 12.1 Å². The van der Waals surface area contributed by atoms with Crippen LogP contribution in [-0.2, 0) is 12.8 Å². The highest BCUT2D eigenvalue weighted by Crippen LogP contribution is 2.34. The van der Waals surface area contributed by atoms with Crippen LogP contribution in [0.15, 0.2) is 36.4 Å². The zero-order chi connectivity index (χ0) is 19.8. The smallest absolute Gasteiger partial charge is 0.129 e. The van der Waals surface area contributed by atoms with Crippen molar-refractivity contribution in [3.05, 3.63) is 47.5 Å². The molecular formula is C21H28O6. The van der Waals surface area contributed by atoms with Gasteiger partial charge in [-0.05, 0) is 49.8 Å². The number of ether oxygens (including phenoxy) is 2. The van der Waals surface area contributed by atoms with Gasteiger partial charge in [0.2, 0.25) is 0 Å². The third-order valence-electron chi connectivity index (χ3n) is 4.57. The van der Waals surface area contributed by atoms with Gasteiger partial charge in [-0.15, -0.1) is 0 Å². The Morgan fingerprint density at radius 2 is 1.30 bits per heavy atom. The van der Waals surface area contributed by atoms with Gasteiger partial charge in [0.25, 0.3) is 0 Å². The number of aliphatic hydroxyl groups is 2. The lowest BCUT2D eigenvalue weighted by molar-refractivity contribution is 0.0713. The lowest BCUT2D eigenvalue weighted by Gasteiger charge is -2.18. The number of benzene rings is 2. The Morgan fingerprint density at radius 3 is 1.81 bits per heavy atom. The van der Waals surface area contributed by atoms with E-state index in [1.54, 1.807) is 12.1 Å². The lowest BCUT2D eigenvalue weighted by Crippen LogP contribution is -2.19. The van der Waals surface area contributed by atoms with Crippen LogP contribution in [0.5, 0.6) is 23.0 Å². The minimum absolute atomic E-state index is 0.0534. The molecule has 0 aromatic heterocycles. The largest absolute Gasteiger partial charge is 0.508 e. The summed E-state index contributed by atoms with van der Waals surface area (Å²) in [7, 11) is 3.03. The molecule has 0 fully saturated rings. The Hall–Kier alpha value is -2.44. The van der Waals surface area contributed by atoms with Gasteiger partial charge in [-0.1, -0.05) is 12.1 Å². The van der Waals surface area contributed by atoms with Crippen LogP contribution in [0.2, 0.25) is 0 Å². The van der Waals surface area contributed by atoms with Gasteiger partial charge in [0.1, 0.15) is 23.0 Å². The molecule has 2 aromatic rings. The number of hydrogen-bond acceptors (Lipinski definition) is 6. The summed E-state index contributed by atoms with van der Waals surface area (Å²) in [4.78, 5) is 0. The average Bonchev–Trinajstić information content (AvgIpc) is 2.65. The van der Waals surface area contributed by atoms with Crippen LogP contribution in [0, 0.1) is 0 Å². The highest BCUT2D eigenvalue weighted by molar-refractivity contribution is 5.50. The van der Waals surface area contributed by atoms with E-state index in [4.69, 9.17) is 9.47 Å². The second kappa shape index (κ2) is 10.0. The molecule has 0 bridgehead atoms. The number of phenols is 2. The van der Waals surface area contributed by atoms with Crippen molar-refractivity contribution in [2.24, 2.45) is 0 Å². The first kappa shape index (κ1) is 20.9. The van der Waals surface area contributed by atoms with E-state index in [0.717, 1.165) is 11.1 Å². The van der Waals surface area contributed by atoms with Crippen LogP contribution in [-0.4, -0.2) is 46.9 Å². The second-order valence-corrected chi connectivity index (χ2v) is 6.62. The summed E-state index contributed by atoms with van der Waals surface area (Å²) < 4.78 is 10.6. The lowest BCUT2D eigenvalue weighted by atomic mass is 9.98. The first-order valence-corrected chi connectivity index (χ1v) is 9.00. The second-order valence-electron chi connectivity index (χ2n) is 6.62. The Labute approximate surface area is 159 Å². The minimum atomic E-state index is -0.664. The highest BCUT2D eigenvalue weighted by Gasteiger charge is 2.17. The summed E-state index contributed by atoms with van der Waals surface area (Å²) >= 11 is 0. The maximum atomic E-state index is 10.3. The number of aromatic hydroxyl groups is 2. The van der Waals surface area contributed by atoms with Crippen molar-refractivity contribution in [2.45, 2.75) is 44.3 Å². The maximum Gasteiger partial charge on any atom is 0.129 e. The predicted molar refractivity (Wildman–Crippen MR) is 103 cm³/mol. The third kappa shape index (κ3) is 6.34. The fraction of sp³-hybridized carbons (Fsp3) is 0.429. The van der Waals surface area contributed by atoms with Gasteiger partial charge in [0.15, 0.2) is 0 Å². The summed E-state index contributed by atoms with van der Waals surface area (Å²) in [5.41, 5.74) is 1.80. The van der Waals surface area contributed by atoms with E-state index in [1.165, 1.54) is 26.4 Å². The van der Waals surface area contributed by atoms with Crippen molar-refractivity contribution in [2.75, 3.05) is 14.2 Å². The molecule has 0 aliphatic rings. The van der Waals surface area contributed by atoms with Gasteiger partial charge in [0, 0.05) is 17.7 Å². The molecular weight excluding hydrogens is 348 g/mol. The molecule has 0 saturated heterocycles. The molecule has 0 saturated carbocycles. The van der Waals surface area contributed by atoms with Crippen LogP contribution < -0.4 is 9.47 Å². The van der Waals surface area contributed by atoms with E-state index >= 15 is 0 Å². The molecule has 0 heterocycles. The van der Waals surface area contributed by atoms with Crippen molar-refractivity contribution in [3.63, 3.8) is 0 Å². The van der Waals surface area contributed by atoms with E-state index in [2.05, 4.69) is 0 Å². The number of aryl methyl sites for hydroxylation is 1. The fourth-order valence-electron chi connectivity index (χ4n) is 3.07. The number of aliphatic hydroxyl groups excluding tert-OH is 2. The molecule has 2 atom stereocenters. The Balaban J connectivity index is 1.85. The molecule has 0 amide bonds. The van der Waals surface area contributed by atoms with Crippen molar-refractivity contribution in [1.82, 2.24) is 0 Å². The van der Waals surface area contributed by atoms with E-state index in [-0.39, 0.29) is 17.9 Å². The Bertz CT molecular complexity index is 688. The molecule has 6 nitrogen and oxygen atoms in total. The molecule has 4 N–H and O–H groups in total. The molecule has 0 spiro atoms. The standard InChI is InChI=1S/C21H28O6/c1-26-20-12-18(25)13-21(27-2)19(20)10-9-17(24)11-16(23)8-5-14-3-6-15(22)7-4-14/h3-4,6-7,12-13,16-17,22-25H,5,8-11H2,1-2H3. The SMILES string of the molecule is COc1cc(O)cc(OC)c1CCC(O)CC(O)CCc1ccc(O)cc1. The number of hydrogen-bond donors (Lipinski definition) is 4. The van der Waals surface area contributed by atoms with E-state index < -0.39 is 12.2 Å². The molecule has 2 rings (SSSR count). The summed E-state index contributed by atoms with van der Waals surface area (Å²) in [5.74, 6) is 1.28. The van der Waals surface area contributed by atoms with Gasteiger partial charge in [-0.3, -0.25) is 0 Å². The van der Waals surface area contributed by atoms with Crippen LogP contribution >= 0.6 is 0 Å². The molecule has 2 unspecified atom stereocenters. The highest BCUT2D eigenvalue weighted by atomic mass is 16.5. The number of rotatable bonds is 10. The average molecular weight is 376 g/mol. The Morgan fingerprint density at radius 1 is 0.778 bits per heavy atom. The number of methoxy groups -OCH3 is 2. The normalized spacial score (nSPS) is 13.2. The molecule has 0 aliphatic heterocycles. The topological polar surface area (TPSA) is 99.4 Å². The van der Waals surface area contributed by atoms with E-state index in [9.17, 15) is 20.4 Å². The predicted octanol–water partition coefficient (Wildman–Crippen LogP) is 2.79. The van der Waals surface area contributed by atoms with Crippen molar-refractivity contribution < 1.29 is 29.9 Å². The quantitative estimate of drug-likeness (QED) is 0.509. The first-order chi connectivity index (χ1) is 12.9. The van der Waals surface area contributed by atoms with Gasteiger partial charge < -0.3 is 29.9 Å². The van der Waals surface area contributed by atoms with Gasteiger partial charge in [-0.25, -0.2) is 0 Å². The van der Waals surface area contributed by atoms with Crippen LogP contribution in [0.25, 0.3) is 0 Å². The molecule has 0 aliphatic carbocycles. The fourth-order valence-corrected chi connectivity index (χ4v) is 3.07.